The van der Waals surface area contributed by atoms with Gasteiger partial charge < -0.3 is 14.6 Å². The summed E-state index contributed by atoms with van der Waals surface area (Å²) in [5.74, 6) is 1.81. The van der Waals surface area contributed by atoms with Crippen LogP contribution in [0.5, 0.6) is 0 Å². The Balaban J connectivity index is 2.04. The van der Waals surface area contributed by atoms with Gasteiger partial charge in [-0.3, -0.25) is 4.98 Å². The summed E-state index contributed by atoms with van der Waals surface area (Å²) in [5, 5.41) is 3.42. The monoisotopic (exact) mass is 288 g/mol. The fourth-order valence-corrected chi connectivity index (χ4v) is 1.93. The van der Waals surface area contributed by atoms with Gasteiger partial charge in [0, 0.05) is 37.4 Å². The maximum absolute atomic E-state index is 5.33. The van der Waals surface area contributed by atoms with Crippen LogP contribution in [0.4, 0.5) is 5.82 Å². The Hall–Kier alpha value is -1.88. The van der Waals surface area contributed by atoms with E-state index >= 15 is 0 Å². The van der Waals surface area contributed by atoms with E-state index in [2.05, 4.69) is 41.0 Å². The third-order valence-electron chi connectivity index (χ3n) is 3.24. The lowest BCUT2D eigenvalue weighted by Crippen LogP contribution is -2.35. The van der Waals surface area contributed by atoms with Gasteiger partial charge in [-0.2, -0.15) is 0 Å². The molecule has 2 aromatic heterocycles. The first kappa shape index (κ1) is 15.5. The summed E-state index contributed by atoms with van der Waals surface area (Å²) in [6, 6.07) is 1.99. The van der Waals surface area contributed by atoms with Crippen LogP contribution in [-0.4, -0.2) is 22.6 Å². The number of hydrogen-bond acceptors (Lipinski definition) is 5. The Morgan fingerprint density at radius 1 is 1.29 bits per heavy atom. The van der Waals surface area contributed by atoms with Crippen molar-refractivity contribution in [2.45, 2.75) is 46.3 Å². The van der Waals surface area contributed by atoms with E-state index in [4.69, 9.17) is 4.42 Å². The number of hydrogen-bond donors (Lipinski definition) is 1. The molecular weight excluding hydrogens is 264 g/mol. The molecule has 0 aromatic carbocycles. The number of nitrogens with zero attached hydrogens (tertiary/aromatic N) is 3. The van der Waals surface area contributed by atoms with Gasteiger partial charge in [0.05, 0.1) is 18.2 Å². The van der Waals surface area contributed by atoms with Crippen LogP contribution < -0.4 is 10.2 Å². The van der Waals surface area contributed by atoms with E-state index in [0.717, 1.165) is 29.4 Å². The van der Waals surface area contributed by atoms with Crippen LogP contribution in [0.25, 0.3) is 0 Å². The van der Waals surface area contributed by atoms with Gasteiger partial charge in [-0.25, -0.2) is 4.98 Å². The van der Waals surface area contributed by atoms with Crippen molar-refractivity contribution in [3.63, 3.8) is 0 Å². The Morgan fingerprint density at radius 2 is 2.05 bits per heavy atom. The van der Waals surface area contributed by atoms with Crippen molar-refractivity contribution in [1.82, 2.24) is 15.3 Å². The fourth-order valence-electron chi connectivity index (χ4n) is 1.93. The molecule has 0 radical (unpaired) electrons. The van der Waals surface area contributed by atoms with Gasteiger partial charge in [-0.15, -0.1) is 0 Å². The van der Waals surface area contributed by atoms with Crippen LogP contribution in [0, 0.1) is 6.92 Å². The van der Waals surface area contributed by atoms with Crippen LogP contribution in [0.1, 0.15) is 37.8 Å². The molecule has 2 aromatic rings. The van der Waals surface area contributed by atoms with E-state index in [1.165, 1.54) is 0 Å². The number of aromatic nitrogens is 2. The van der Waals surface area contributed by atoms with E-state index in [-0.39, 0.29) is 5.54 Å². The van der Waals surface area contributed by atoms with Crippen molar-refractivity contribution in [3.8, 4) is 0 Å². The summed E-state index contributed by atoms with van der Waals surface area (Å²) in [5.41, 5.74) is 2.17. The summed E-state index contributed by atoms with van der Waals surface area (Å²) < 4.78 is 5.33. The molecule has 0 spiro atoms. The predicted octanol–water partition coefficient (Wildman–Crippen LogP) is 2.90. The molecule has 0 bridgehead atoms. The Labute approximate surface area is 126 Å². The summed E-state index contributed by atoms with van der Waals surface area (Å²) >= 11 is 0. The van der Waals surface area contributed by atoms with Crippen LogP contribution in [0.15, 0.2) is 29.1 Å². The summed E-state index contributed by atoms with van der Waals surface area (Å²) in [6.07, 6.45) is 5.31. The first-order chi connectivity index (χ1) is 9.85. The second-order valence-corrected chi connectivity index (χ2v) is 6.33. The maximum atomic E-state index is 5.33. The van der Waals surface area contributed by atoms with Crippen LogP contribution in [0.2, 0.25) is 0 Å². The standard InChI is InChI=1S/C16H24N4O/c1-12-13(6-7-21-12)11-20(5)15-10-17-8-14(19-15)9-18-16(2,3)4/h6-8,10,18H,9,11H2,1-5H3. The molecule has 2 rings (SSSR count). The number of aryl methyl sites for hydroxylation is 1. The smallest absolute Gasteiger partial charge is 0.147 e. The summed E-state index contributed by atoms with van der Waals surface area (Å²) in [7, 11) is 2.01. The topological polar surface area (TPSA) is 54.2 Å². The highest BCUT2D eigenvalue weighted by molar-refractivity contribution is 5.37. The molecule has 0 aliphatic heterocycles. The molecule has 1 N–H and O–H groups in total. The van der Waals surface area contributed by atoms with Crippen LogP contribution in [0.3, 0.4) is 0 Å². The van der Waals surface area contributed by atoms with Gasteiger partial charge in [0.2, 0.25) is 0 Å². The minimum Gasteiger partial charge on any atom is -0.469 e. The van der Waals surface area contributed by atoms with E-state index in [9.17, 15) is 0 Å². The Morgan fingerprint density at radius 3 is 2.67 bits per heavy atom. The predicted molar refractivity (Wildman–Crippen MR) is 84.2 cm³/mol. The highest BCUT2D eigenvalue weighted by Gasteiger charge is 2.11. The van der Waals surface area contributed by atoms with Gasteiger partial charge in [0.1, 0.15) is 11.6 Å². The van der Waals surface area contributed by atoms with Crippen molar-refractivity contribution < 1.29 is 4.42 Å². The molecular formula is C16H24N4O. The number of nitrogens with one attached hydrogen (secondary N) is 1. The molecule has 114 valence electrons. The largest absolute Gasteiger partial charge is 0.469 e. The quantitative estimate of drug-likeness (QED) is 0.917. The van der Waals surface area contributed by atoms with E-state index < -0.39 is 0 Å². The first-order valence-electron chi connectivity index (χ1n) is 7.15. The lowest BCUT2D eigenvalue weighted by Gasteiger charge is -2.21. The third-order valence-corrected chi connectivity index (χ3v) is 3.24. The second kappa shape index (κ2) is 6.26. The average Bonchev–Trinajstić information content (AvgIpc) is 2.81. The van der Waals surface area contributed by atoms with Crippen molar-refractivity contribution >= 4 is 5.82 Å². The highest BCUT2D eigenvalue weighted by Crippen LogP contribution is 2.15. The van der Waals surface area contributed by atoms with Gasteiger partial charge in [-0.05, 0) is 33.8 Å². The van der Waals surface area contributed by atoms with Gasteiger partial charge >= 0.3 is 0 Å². The SMILES string of the molecule is Cc1occc1CN(C)c1cncc(CNC(C)(C)C)n1. The zero-order chi connectivity index (χ0) is 15.5. The van der Waals surface area contributed by atoms with E-state index in [0.29, 0.717) is 6.54 Å². The van der Waals surface area contributed by atoms with Crippen LogP contribution >= 0.6 is 0 Å². The zero-order valence-electron chi connectivity index (χ0n) is 13.5. The Bertz CT molecular complexity index is 586. The van der Waals surface area contributed by atoms with E-state index in [1.54, 1.807) is 18.7 Å². The molecule has 0 amide bonds. The first-order valence-corrected chi connectivity index (χ1v) is 7.15. The van der Waals surface area contributed by atoms with E-state index in [1.807, 2.05) is 20.0 Å². The minimum absolute atomic E-state index is 0.0670. The molecule has 5 heteroatoms. The maximum Gasteiger partial charge on any atom is 0.147 e. The molecule has 5 nitrogen and oxygen atoms in total. The van der Waals surface area contributed by atoms with Crippen molar-refractivity contribution in [3.05, 3.63) is 41.7 Å². The molecule has 2 heterocycles. The zero-order valence-corrected chi connectivity index (χ0v) is 13.5. The van der Waals surface area contributed by atoms with Gasteiger partial charge in [-0.1, -0.05) is 0 Å². The molecule has 0 saturated carbocycles. The Kier molecular flexibility index (Phi) is 4.63. The molecule has 0 unspecified atom stereocenters. The molecule has 0 aliphatic carbocycles. The molecule has 0 atom stereocenters. The molecule has 0 aliphatic rings. The molecule has 21 heavy (non-hydrogen) atoms. The van der Waals surface area contributed by atoms with Gasteiger partial charge in [0.25, 0.3) is 0 Å². The number of rotatable bonds is 5. The van der Waals surface area contributed by atoms with Crippen molar-refractivity contribution in [2.75, 3.05) is 11.9 Å². The second-order valence-electron chi connectivity index (χ2n) is 6.33. The van der Waals surface area contributed by atoms with Crippen LogP contribution in [-0.2, 0) is 13.1 Å². The number of anilines is 1. The molecule has 0 fully saturated rings. The summed E-state index contributed by atoms with van der Waals surface area (Å²) in [4.78, 5) is 11.0. The lowest BCUT2D eigenvalue weighted by molar-refractivity contribution is 0.421. The van der Waals surface area contributed by atoms with Gasteiger partial charge in [0.15, 0.2) is 0 Å². The summed E-state index contributed by atoms with van der Waals surface area (Å²) in [6.45, 7) is 9.85. The fraction of sp³-hybridized carbons (Fsp3) is 0.500. The van der Waals surface area contributed by atoms with Crippen molar-refractivity contribution in [2.24, 2.45) is 0 Å². The minimum atomic E-state index is 0.0670. The normalized spacial score (nSPS) is 11.7. The van der Waals surface area contributed by atoms with Crippen molar-refractivity contribution in [1.29, 1.82) is 0 Å². The average molecular weight is 288 g/mol. The molecule has 0 saturated heterocycles. The highest BCUT2D eigenvalue weighted by atomic mass is 16.3. The lowest BCUT2D eigenvalue weighted by atomic mass is 10.1. The number of furan rings is 1. The third kappa shape index (κ3) is 4.56.